The quantitative estimate of drug-likeness (QED) is 0.168. The van der Waals surface area contributed by atoms with Crippen LogP contribution in [0.25, 0.3) is 0 Å². The molecule has 1 rings (SSSR count). The fourth-order valence-electron chi connectivity index (χ4n) is 4.63. The number of carbonyl (C=O) groups excluding carboxylic acids is 2. The third-order valence-electron chi connectivity index (χ3n) is 6.79. The second-order valence-electron chi connectivity index (χ2n) is 9.64. The standard InChI is InChI=1S/C27H48O6/c1-3-5-7-9-11-12-14-15-19-32-26(30)22-17-18-23(24(21-22)25(28)29)27(31)33-20-16-13-10-8-6-4-2/h22-24H,3-21H2,1-2H3,(H,28,29). The molecule has 1 saturated carbocycles. The van der Waals surface area contributed by atoms with Crippen molar-refractivity contribution in [2.45, 2.75) is 123 Å². The molecular formula is C27H48O6. The normalized spacial score (nSPS) is 20.4. The summed E-state index contributed by atoms with van der Waals surface area (Å²) < 4.78 is 10.8. The minimum absolute atomic E-state index is 0.155. The van der Waals surface area contributed by atoms with E-state index in [1.807, 2.05) is 0 Å². The van der Waals surface area contributed by atoms with Crippen LogP contribution >= 0.6 is 0 Å². The number of rotatable bonds is 19. The molecule has 1 aliphatic carbocycles. The zero-order valence-electron chi connectivity index (χ0n) is 21.2. The molecule has 0 aromatic carbocycles. The van der Waals surface area contributed by atoms with Crippen LogP contribution in [-0.2, 0) is 23.9 Å². The van der Waals surface area contributed by atoms with Crippen LogP contribution in [0.15, 0.2) is 0 Å². The minimum atomic E-state index is -1.03. The topological polar surface area (TPSA) is 89.9 Å². The van der Waals surface area contributed by atoms with E-state index in [0.29, 0.717) is 26.1 Å². The van der Waals surface area contributed by atoms with E-state index in [1.165, 1.54) is 51.4 Å². The molecule has 1 fully saturated rings. The van der Waals surface area contributed by atoms with E-state index in [9.17, 15) is 19.5 Å². The molecule has 1 aliphatic rings. The minimum Gasteiger partial charge on any atom is -0.481 e. The van der Waals surface area contributed by atoms with Crippen LogP contribution in [0.5, 0.6) is 0 Å². The summed E-state index contributed by atoms with van der Waals surface area (Å²) in [7, 11) is 0. The van der Waals surface area contributed by atoms with Gasteiger partial charge in [-0.2, -0.15) is 0 Å². The first-order valence-electron chi connectivity index (χ1n) is 13.6. The van der Waals surface area contributed by atoms with Crippen molar-refractivity contribution in [1.29, 1.82) is 0 Å². The van der Waals surface area contributed by atoms with E-state index in [1.54, 1.807) is 0 Å². The third kappa shape index (κ3) is 13.0. The lowest BCUT2D eigenvalue weighted by molar-refractivity contribution is -0.164. The lowest BCUT2D eigenvalue weighted by Crippen LogP contribution is -2.39. The van der Waals surface area contributed by atoms with Gasteiger partial charge in [0.15, 0.2) is 0 Å². The van der Waals surface area contributed by atoms with Gasteiger partial charge < -0.3 is 14.6 Å². The number of hydrogen-bond acceptors (Lipinski definition) is 5. The number of carboxylic acid groups (broad SMARTS) is 1. The van der Waals surface area contributed by atoms with Crippen LogP contribution in [0, 0.1) is 17.8 Å². The molecule has 33 heavy (non-hydrogen) atoms. The highest BCUT2D eigenvalue weighted by atomic mass is 16.5. The maximum Gasteiger partial charge on any atom is 0.309 e. The van der Waals surface area contributed by atoms with E-state index in [0.717, 1.165) is 38.5 Å². The van der Waals surface area contributed by atoms with E-state index >= 15 is 0 Å². The molecule has 0 amide bonds. The van der Waals surface area contributed by atoms with Crippen molar-refractivity contribution in [2.24, 2.45) is 17.8 Å². The first kappa shape index (κ1) is 29.4. The number of carboxylic acids is 1. The Hall–Kier alpha value is -1.59. The largest absolute Gasteiger partial charge is 0.481 e. The number of esters is 2. The summed E-state index contributed by atoms with van der Waals surface area (Å²) in [5.74, 6) is -3.76. The second-order valence-corrected chi connectivity index (χ2v) is 9.64. The van der Waals surface area contributed by atoms with Crippen LogP contribution in [0.3, 0.4) is 0 Å². The maximum absolute atomic E-state index is 12.5. The van der Waals surface area contributed by atoms with Gasteiger partial charge in [0.2, 0.25) is 0 Å². The monoisotopic (exact) mass is 468 g/mol. The van der Waals surface area contributed by atoms with Crippen LogP contribution in [0.4, 0.5) is 0 Å². The summed E-state index contributed by atoms with van der Waals surface area (Å²) in [4.78, 5) is 36.7. The summed E-state index contributed by atoms with van der Waals surface area (Å²) in [5.41, 5.74) is 0. The van der Waals surface area contributed by atoms with Crippen molar-refractivity contribution in [1.82, 2.24) is 0 Å². The predicted molar refractivity (Wildman–Crippen MR) is 130 cm³/mol. The molecule has 0 aromatic heterocycles. The molecule has 192 valence electrons. The van der Waals surface area contributed by atoms with Gasteiger partial charge >= 0.3 is 17.9 Å². The van der Waals surface area contributed by atoms with E-state index < -0.39 is 29.7 Å². The molecule has 0 aromatic rings. The predicted octanol–water partition coefficient (Wildman–Crippen LogP) is 6.69. The number of hydrogen-bond donors (Lipinski definition) is 1. The molecule has 0 saturated heterocycles. The zero-order chi connectivity index (χ0) is 24.3. The molecule has 0 bridgehead atoms. The highest BCUT2D eigenvalue weighted by Crippen LogP contribution is 2.36. The Morgan fingerprint density at radius 3 is 1.58 bits per heavy atom. The molecule has 1 N–H and O–H groups in total. The number of unbranched alkanes of at least 4 members (excludes halogenated alkanes) is 12. The Labute approximate surface area is 201 Å². The van der Waals surface area contributed by atoms with Crippen molar-refractivity contribution < 1.29 is 29.0 Å². The Kier molecular flexibility index (Phi) is 16.8. The molecule has 0 spiro atoms. The lowest BCUT2D eigenvalue weighted by atomic mass is 9.74. The Balaban J connectivity index is 2.27. The fraction of sp³-hybridized carbons (Fsp3) is 0.889. The average Bonchev–Trinajstić information content (AvgIpc) is 2.81. The van der Waals surface area contributed by atoms with Crippen molar-refractivity contribution in [3.8, 4) is 0 Å². The Morgan fingerprint density at radius 2 is 1.09 bits per heavy atom. The number of ether oxygens (including phenoxy) is 2. The van der Waals surface area contributed by atoms with Crippen LogP contribution in [-0.4, -0.2) is 36.2 Å². The van der Waals surface area contributed by atoms with Gasteiger partial charge in [0.25, 0.3) is 0 Å². The molecule has 6 nitrogen and oxygen atoms in total. The molecular weight excluding hydrogens is 420 g/mol. The van der Waals surface area contributed by atoms with Crippen LogP contribution in [0.2, 0.25) is 0 Å². The van der Waals surface area contributed by atoms with Gasteiger partial charge in [0, 0.05) is 0 Å². The van der Waals surface area contributed by atoms with Crippen LogP contribution in [0.1, 0.15) is 123 Å². The Bertz CT molecular complexity index is 547. The van der Waals surface area contributed by atoms with Gasteiger partial charge in [-0.25, -0.2) is 0 Å². The molecule has 0 aliphatic heterocycles. The maximum atomic E-state index is 12.5. The molecule has 3 atom stereocenters. The summed E-state index contributed by atoms with van der Waals surface area (Å²) in [6, 6.07) is 0. The SMILES string of the molecule is CCCCCCCCCCOC(=O)C1CCC(C(=O)OCCCCCCCC)C(C(=O)O)C1. The van der Waals surface area contributed by atoms with Crippen molar-refractivity contribution in [2.75, 3.05) is 13.2 Å². The third-order valence-corrected chi connectivity index (χ3v) is 6.79. The summed E-state index contributed by atoms with van der Waals surface area (Å²) in [6.45, 7) is 5.12. The molecule has 3 unspecified atom stereocenters. The molecule has 0 radical (unpaired) electrons. The van der Waals surface area contributed by atoms with Crippen molar-refractivity contribution in [3.05, 3.63) is 0 Å². The summed E-state index contributed by atoms with van der Waals surface area (Å²) in [6.07, 6.45) is 17.0. The van der Waals surface area contributed by atoms with Gasteiger partial charge in [-0.05, 0) is 32.1 Å². The van der Waals surface area contributed by atoms with Gasteiger partial charge in [-0.1, -0.05) is 90.9 Å². The lowest BCUT2D eigenvalue weighted by Gasteiger charge is -2.31. The van der Waals surface area contributed by atoms with E-state index in [4.69, 9.17) is 9.47 Å². The fourth-order valence-corrected chi connectivity index (χ4v) is 4.63. The summed E-state index contributed by atoms with van der Waals surface area (Å²) >= 11 is 0. The van der Waals surface area contributed by atoms with E-state index in [-0.39, 0.29) is 12.4 Å². The van der Waals surface area contributed by atoms with Crippen LogP contribution < -0.4 is 0 Å². The summed E-state index contributed by atoms with van der Waals surface area (Å²) in [5, 5.41) is 9.64. The molecule has 0 heterocycles. The van der Waals surface area contributed by atoms with Gasteiger partial charge in [-0.3, -0.25) is 14.4 Å². The van der Waals surface area contributed by atoms with E-state index in [2.05, 4.69) is 13.8 Å². The highest BCUT2D eigenvalue weighted by Gasteiger charge is 2.42. The zero-order valence-corrected chi connectivity index (χ0v) is 21.2. The Morgan fingerprint density at radius 1 is 0.636 bits per heavy atom. The van der Waals surface area contributed by atoms with Gasteiger partial charge in [0.1, 0.15) is 0 Å². The second kappa shape index (κ2) is 18.8. The van der Waals surface area contributed by atoms with Gasteiger partial charge in [0.05, 0.1) is 31.0 Å². The first-order valence-corrected chi connectivity index (χ1v) is 13.6. The number of carbonyl (C=O) groups is 3. The number of aliphatic carboxylic acids is 1. The van der Waals surface area contributed by atoms with Crippen molar-refractivity contribution in [3.63, 3.8) is 0 Å². The first-order chi connectivity index (χ1) is 16.0. The smallest absolute Gasteiger partial charge is 0.309 e. The average molecular weight is 469 g/mol. The molecule has 6 heteroatoms. The van der Waals surface area contributed by atoms with Gasteiger partial charge in [-0.15, -0.1) is 0 Å². The van der Waals surface area contributed by atoms with Crippen molar-refractivity contribution >= 4 is 17.9 Å². The highest BCUT2D eigenvalue weighted by molar-refractivity contribution is 5.83.